The van der Waals surface area contributed by atoms with Crippen LogP contribution >= 0.6 is 0 Å². The van der Waals surface area contributed by atoms with Crippen molar-refractivity contribution >= 4 is 20.0 Å². The van der Waals surface area contributed by atoms with Crippen molar-refractivity contribution in [1.29, 1.82) is 0 Å². The van der Waals surface area contributed by atoms with Gasteiger partial charge in [-0.05, 0) is 0 Å². The van der Waals surface area contributed by atoms with Gasteiger partial charge in [-0.15, -0.1) is 0 Å². The summed E-state index contributed by atoms with van der Waals surface area (Å²) in [6.07, 6.45) is 4.01. The first-order valence-electron chi connectivity index (χ1n) is 4.31. The summed E-state index contributed by atoms with van der Waals surface area (Å²) in [7, 11) is 0. The predicted molar refractivity (Wildman–Crippen MR) is 48.9 cm³/mol. The quantitative estimate of drug-likeness (QED) is 0.705. The first kappa shape index (κ1) is 8.19. The van der Waals surface area contributed by atoms with Gasteiger partial charge in [0.05, 0.1) is 0 Å². The average molecular weight is 222 g/mol. The third-order valence-electron chi connectivity index (χ3n) is 2.26. The molecular formula is C10H11AsO. The maximum absolute atomic E-state index is 10.6. The summed E-state index contributed by atoms with van der Waals surface area (Å²) < 4.78 is 11.6. The van der Waals surface area contributed by atoms with Crippen LogP contribution in [-0.4, -0.2) is 15.7 Å². The van der Waals surface area contributed by atoms with E-state index in [0.717, 1.165) is 10.3 Å². The Morgan fingerprint density at radius 2 is 1.92 bits per heavy atom. The molecule has 1 aromatic rings. The Morgan fingerprint density at radius 3 is 2.42 bits per heavy atom. The second-order valence-corrected chi connectivity index (χ2v) is 4.87. The monoisotopic (exact) mass is 222 g/mol. The zero-order valence-electron chi connectivity index (χ0n) is 6.86. The second-order valence-electron chi connectivity index (χ2n) is 3.41. The van der Waals surface area contributed by atoms with Crippen molar-refractivity contribution in [3.05, 3.63) is 29.8 Å². The first-order valence-corrected chi connectivity index (χ1v) is 6.01. The molecule has 0 heterocycles. The minimum atomic E-state index is -0.831. The van der Waals surface area contributed by atoms with Gasteiger partial charge in [0.2, 0.25) is 0 Å². The number of hydrogen-bond donors (Lipinski definition) is 0. The van der Waals surface area contributed by atoms with Crippen molar-refractivity contribution in [2.24, 2.45) is 5.92 Å². The van der Waals surface area contributed by atoms with Gasteiger partial charge >= 0.3 is 78.8 Å². The van der Waals surface area contributed by atoms with Crippen molar-refractivity contribution in [3.63, 3.8) is 0 Å². The van der Waals surface area contributed by atoms with E-state index in [1.807, 2.05) is 12.1 Å². The van der Waals surface area contributed by atoms with Gasteiger partial charge in [0.15, 0.2) is 0 Å². The summed E-state index contributed by atoms with van der Waals surface area (Å²) in [6, 6.07) is 8.21. The van der Waals surface area contributed by atoms with Crippen molar-refractivity contribution in [2.75, 3.05) is 0 Å². The molecule has 1 aliphatic carbocycles. The first-order chi connectivity index (χ1) is 5.88. The van der Waals surface area contributed by atoms with Gasteiger partial charge in [-0.2, -0.15) is 0 Å². The fraction of sp³-hybridized carbons (Fsp3) is 0.400. The zero-order valence-corrected chi connectivity index (χ0v) is 8.74. The third kappa shape index (κ3) is 2.04. The van der Waals surface area contributed by atoms with Gasteiger partial charge < -0.3 is 0 Å². The molecule has 2 rings (SSSR count). The van der Waals surface area contributed by atoms with Gasteiger partial charge in [0.1, 0.15) is 0 Å². The SMILES string of the molecule is O=[As]c1ccc(CC2CC2)cc1. The molecule has 0 bridgehead atoms. The van der Waals surface area contributed by atoms with Crippen LogP contribution in [0.3, 0.4) is 0 Å². The molecular weight excluding hydrogens is 211 g/mol. The summed E-state index contributed by atoms with van der Waals surface area (Å²) >= 11 is -0.831. The molecule has 0 aliphatic heterocycles. The topological polar surface area (TPSA) is 17.1 Å². The Balaban J connectivity index is 2.07. The molecule has 1 nitrogen and oxygen atoms in total. The van der Waals surface area contributed by atoms with E-state index < -0.39 is 15.7 Å². The van der Waals surface area contributed by atoms with Gasteiger partial charge in [0.25, 0.3) is 0 Å². The average Bonchev–Trinajstić information content (AvgIpc) is 2.90. The van der Waals surface area contributed by atoms with E-state index in [1.54, 1.807) is 0 Å². The molecule has 0 aromatic heterocycles. The van der Waals surface area contributed by atoms with Crippen LogP contribution in [0.5, 0.6) is 0 Å². The molecule has 2 heteroatoms. The van der Waals surface area contributed by atoms with Crippen molar-refractivity contribution < 1.29 is 3.74 Å². The van der Waals surface area contributed by atoms with Gasteiger partial charge in [0, 0.05) is 0 Å². The summed E-state index contributed by atoms with van der Waals surface area (Å²) in [6.45, 7) is 0. The summed E-state index contributed by atoms with van der Waals surface area (Å²) in [5.41, 5.74) is 1.40. The van der Waals surface area contributed by atoms with Crippen LogP contribution in [0.4, 0.5) is 0 Å². The van der Waals surface area contributed by atoms with Crippen molar-refractivity contribution in [3.8, 4) is 0 Å². The van der Waals surface area contributed by atoms with Crippen molar-refractivity contribution in [2.45, 2.75) is 19.3 Å². The van der Waals surface area contributed by atoms with E-state index in [2.05, 4.69) is 12.1 Å². The van der Waals surface area contributed by atoms with Crippen LogP contribution in [0, 0.1) is 5.92 Å². The van der Waals surface area contributed by atoms with E-state index in [1.165, 1.54) is 24.8 Å². The zero-order chi connectivity index (χ0) is 8.39. The summed E-state index contributed by atoms with van der Waals surface area (Å²) in [4.78, 5) is 0. The summed E-state index contributed by atoms with van der Waals surface area (Å²) in [5.74, 6) is 0.941. The number of hydrogen-bond acceptors (Lipinski definition) is 1. The Bertz CT molecular complexity index is 274. The summed E-state index contributed by atoms with van der Waals surface area (Å²) in [5, 5.41) is 0. The second kappa shape index (κ2) is 3.53. The molecule has 0 N–H and O–H groups in total. The van der Waals surface area contributed by atoms with E-state index in [-0.39, 0.29) is 0 Å². The molecule has 0 unspecified atom stereocenters. The Kier molecular flexibility index (Phi) is 2.41. The van der Waals surface area contributed by atoms with Crippen molar-refractivity contribution in [1.82, 2.24) is 0 Å². The Labute approximate surface area is 79.1 Å². The fourth-order valence-electron chi connectivity index (χ4n) is 1.35. The Hall–Kier alpha value is -0.422. The van der Waals surface area contributed by atoms with Crippen LogP contribution in [0.15, 0.2) is 24.3 Å². The van der Waals surface area contributed by atoms with Gasteiger partial charge in [-0.3, -0.25) is 0 Å². The molecule has 0 amide bonds. The molecule has 1 aromatic carbocycles. The maximum atomic E-state index is 10.6. The molecule has 0 radical (unpaired) electrons. The van der Waals surface area contributed by atoms with Crippen LogP contribution < -0.4 is 4.35 Å². The predicted octanol–water partition coefficient (Wildman–Crippen LogP) is 1.31. The number of rotatable bonds is 3. The molecule has 0 spiro atoms. The van der Waals surface area contributed by atoms with Gasteiger partial charge in [-0.1, -0.05) is 0 Å². The Morgan fingerprint density at radius 1 is 1.25 bits per heavy atom. The molecule has 1 fully saturated rings. The number of benzene rings is 1. The molecule has 62 valence electrons. The minimum absolute atomic E-state index is 0.831. The standard InChI is InChI=1S/C10H11AsO/c12-11-10-5-3-9(4-6-10)7-8-1-2-8/h3-6,8H,1-2,7H2. The van der Waals surface area contributed by atoms with Gasteiger partial charge in [-0.25, -0.2) is 0 Å². The van der Waals surface area contributed by atoms with Crippen LogP contribution in [0.1, 0.15) is 18.4 Å². The van der Waals surface area contributed by atoms with Crippen LogP contribution in [-0.2, 0) is 10.2 Å². The molecule has 0 atom stereocenters. The van der Waals surface area contributed by atoms with Crippen LogP contribution in [0.2, 0.25) is 0 Å². The molecule has 12 heavy (non-hydrogen) atoms. The van der Waals surface area contributed by atoms with E-state index >= 15 is 0 Å². The molecule has 0 saturated heterocycles. The third-order valence-corrected chi connectivity index (χ3v) is 3.33. The van der Waals surface area contributed by atoms with E-state index in [0.29, 0.717) is 0 Å². The molecule has 1 saturated carbocycles. The normalized spacial score (nSPS) is 16.7. The molecule has 1 aliphatic rings. The fourth-order valence-corrected chi connectivity index (χ4v) is 1.92. The van der Waals surface area contributed by atoms with Crippen LogP contribution in [0.25, 0.3) is 0 Å². The van der Waals surface area contributed by atoms with E-state index in [4.69, 9.17) is 0 Å². The van der Waals surface area contributed by atoms with E-state index in [9.17, 15) is 3.74 Å².